The molecule has 0 aliphatic carbocycles. The zero-order valence-corrected chi connectivity index (χ0v) is 19.8. The van der Waals surface area contributed by atoms with E-state index in [0.717, 1.165) is 0 Å². The van der Waals surface area contributed by atoms with Crippen LogP contribution in [0.3, 0.4) is 0 Å². The Morgan fingerprint density at radius 2 is 1.00 bits per heavy atom. The third-order valence-electron chi connectivity index (χ3n) is 5.24. The number of hydroxylamine groups is 8. The van der Waals surface area contributed by atoms with Gasteiger partial charge in [0.05, 0.1) is 12.8 Å². The molecule has 2 saturated heterocycles. The first-order valence-electron chi connectivity index (χ1n) is 10.1. The summed E-state index contributed by atoms with van der Waals surface area (Å²) in [7, 11) is -10.0. The molecule has 0 saturated carbocycles. The number of hydrogen-bond donors (Lipinski definition) is 4. The van der Waals surface area contributed by atoms with Gasteiger partial charge in [-0.25, -0.2) is 38.4 Å². The second kappa shape index (κ2) is 10.3. The highest BCUT2D eigenvalue weighted by molar-refractivity contribution is 7.87. The molecule has 4 atom stereocenters. The number of amides is 4. The van der Waals surface area contributed by atoms with Crippen LogP contribution >= 0.6 is 0 Å². The predicted molar refractivity (Wildman–Crippen MR) is 104 cm³/mol. The zero-order chi connectivity index (χ0) is 27.7. The fourth-order valence-corrected chi connectivity index (χ4v) is 4.81. The maximum atomic E-state index is 11.9. The Labute approximate surface area is 202 Å². The average molecular weight is 562 g/mol. The molecule has 2 aliphatic rings. The van der Waals surface area contributed by atoms with Crippen molar-refractivity contribution in [2.24, 2.45) is 0 Å². The highest BCUT2D eigenvalue weighted by atomic mass is 32.2. The fourth-order valence-electron chi connectivity index (χ4n) is 3.31. The van der Waals surface area contributed by atoms with E-state index in [1.54, 1.807) is 0 Å². The summed E-state index contributed by atoms with van der Waals surface area (Å²) in [4.78, 5) is 74.6. The molecular formula is C16H22N2O16S2+2. The van der Waals surface area contributed by atoms with Crippen LogP contribution in [0.5, 0.6) is 0 Å². The third-order valence-corrected chi connectivity index (χ3v) is 7.42. The average Bonchev–Trinajstić information content (AvgIpc) is 3.09. The number of carbonyl (C=O) groups is 6. The molecule has 20 heteroatoms. The quantitative estimate of drug-likeness (QED) is 0.0702. The Hall–Kier alpha value is -2.72. The molecule has 0 bridgehead atoms. The van der Waals surface area contributed by atoms with Gasteiger partial charge in [0, 0.05) is 0 Å². The van der Waals surface area contributed by atoms with Crippen LogP contribution in [-0.4, -0.2) is 92.0 Å². The molecule has 2 aliphatic heterocycles. The molecule has 0 aromatic rings. The van der Waals surface area contributed by atoms with E-state index in [9.17, 15) is 56.0 Å². The molecule has 2 fully saturated rings. The van der Waals surface area contributed by atoms with Crippen molar-refractivity contribution in [2.45, 2.75) is 61.9 Å². The minimum absolute atomic E-state index is 0.0466. The molecular weight excluding hydrogens is 540 g/mol. The number of nitrogens with zero attached hydrogens (tertiary/aromatic N) is 2. The number of quaternary nitrogens is 2. The Kier molecular flexibility index (Phi) is 8.47. The Morgan fingerprint density at radius 1 is 0.694 bits per heavy atom. The van der Waals surface area contributed by atoms with Gasteiger partial charge >= 0.3 is 35.6 Å². The highest BCUT2D eigenvalue weighted by Crippen LogP contribution is 2.27. The Balaban J connectivity index is 1.74. The molecule has 0 radical (unpaired) electrons. The molecule has 2 rings (SSSR count). The van der Waals surface area contributed by atoms with Gasteiger partial charge in [-0.3, -0.25) is 9.11 Å². The van der Waals surface area contributed by atoms with Crippen LogP contribution in [0.1, 0.15) is 51.4 Å². The predicted octanol–water partition coefficient (Wildman–Crippen LogP) is -1.92. The largest absolute Gasteiger partial charge is 0.417 e. The molecule has 36 heavy (non-hydrogen) atoms. The van der Waals surface area contributed by atoms with Crippen molar-refractivity contribution in [3.05, 3.63) is 0 Å². The molecule has 2 heterocycles. The minimum Gasteiger partial charge on any atom is -0.285 e. The van der Waals surface area contributed by atoms with Crippen LogP contribution in [0.25, 0.3) is 0 Å². The molecule has 0 spiro atoms. The molecule has 0 aromatic carbocycles. The van der Waals surface area contributed by atoms with Crippen LogP contribution in [0.4, 0.5) is 0 Å². The summed E-state index contributed by atoms with van der Waals surface area (Å²) in [6, 6.07) is 0. The lowest BCUT2D eigenvalue weighted by Gasteiger charge is -2.16. The smallest absolute Gasteiger partial charge is 0.285 e. The van der Waals surface area contributed by atoms with Gasteiger partial charge in [0.15, 0.2) is 0 Å². The molecule has 202 valence electrons. The van der Waals surface area contributed by atoms with Gasteiger partial charge in [0.2, 0.25) is 10.5 Å². The topological polar surface area (TPSA) is 270 Å². The van der Waals surface area contributed by atoms with E-state index in [2.05, 4.69) is 9.68 Å². The maximum Gasteiger partial charge on any atom is 0.417 e. The second-order valence-corrected chi connectivity index (χ2v) is 11.1. The molecule has 4 N–H and O–H groups in total. The minimum atomic E-state index is -5.02. The van der Waals surface area contributed by atoms with Crippen LogP contribution in [0, 0.1) is 0 Å². The first-order valence-corrected chi connectivity index (χ1v) is 13.1. The van der Waals surface area contributed by atoms with E-state index in [0.29, 0.717) is 0 Å². The van der Waals surface area contributed by atoms with Crippen LogP contribution in [-0.2, 0) is 58.7 Å². The van der Waals surface area contributed by atoms with E-state index in [4.69, 9.17) is 9.11 Å². The monoisotopic (exact) mass is 562 g/mol. The van der Waals surface area contributed by atoms with Crippen molar-refractivity contribution in [3.8, 4) is 0 Å². The molecule has 18 nitrogen and oxygen atoms in total. The summed E-state index contributed by atoms with van der Waals surface area (Å²) >= 11 is 0. The van der Waals surface area contributed by atoms with Gasteiger partial charge in [-0.1, -0.05) is 12.8 Å². The molecule has 4 unspecified atom stereocenters. The van der Waals surface area contributed by atoms with E-state index < -0.39 is 102 Å². The van der Waals surface area contributed by atoms with Crippen molar-refractivity contribution in [1.29, 1.82) is 0 Å². The van der Waals surface area contributed by atoms with Gasteiger partial charge in [0.1, 0.15) is 22.5 Å². The summed E-state index contributed by atoms with van der Waals surface area (Å²) in [5.41, 5.74) is 0. The zero-order valence-electron chi connectivity index (χ0n) is 18.2. The van der Waals surface area contributed by atoms with Crippen LogP contribution in [0.15, 0.2) is 0 Å². The fraction of sp³-hybridized carbons (Fsp3) is 0.625. The van der Waals surface area contributed by atoms with E-state index in [1.807, 2.05) is 0 Å². The Morgan fingerprint density at radius 3 is 1.25 bits per heavy atom. The summed E-state index contributed by atoms with van der Waals surface area (Å²) in [5.74, 6) is -8.96. The van der Waals surface area contributed by atoms with Gasteiger partial charge in [0.25, 0.3) is 20.2 Å². The number of rotatable bonds is 11. The second-order valence-electron chi connectivity index (χ2n) is 7.87. The maximum absolute atomic E-state index is 11.9. The van der Waals surface area contributed by atoms with Gasteiger partial charge in [-0.15, -0.1) is 0 Å². The lowest BCUT2D eigenvalue weighted by molar-refractivity contribution is -1.12. The first-order chi connectivity index (χ1) is 16.3. The SMILES string of the molecule is O=C(CCCCCCC(=O)O[N+]1(O)C(=O)CC(S(=O)(=O)O)C1=O)O[N+]1(O)C(=O)CC(S(=O)(=O)O)C1=O. The van der Waals surface area contributed by atoms with Crippen molar-refractivity contribution in [1.82, 2.24) is 0 Å². The summed E-state index contributed by atoms with van der Waals surface area (Å²) in [6.07, 6.45) is -2.54. The van der Waals surface area contributed by atoms with Crippen molar-refractivity contribution in [3.63, 3.8) is 0 Å². The van der Waals surface area contributed by atoms with Gasteiger partial charge in [-0.05, 0) is 12.8 Å². The van der Waals surface area contributed by atoms with Gasteiger partial charge < -0.3 is 0 Å². The van der Waals surface area contributed by atoms with E-state index in [1.165, 1.54) is 0 Å². The first kappa shape index (κ1) is 29.5. The van der Waals surface area contributed by atoms with Crippen molar-refractivity contribution < 1.29 is 84.4 Å². The summed E-state index contributed by atoms with van der Waals surface area (Å²) in [5, 5.41) is 15.3. The standard InChI is InChI=1S/C16H20N2O16S2/c19-11-7-9(35(27,28)29)15(23)17(11,25)33-13(21)5-3-1-2-4-6-14(22)34-18(26)12(20)8-10(16(18)24)36(30,31)32/h9-10,25-26H,1-8H2/p+2. The molecule has 0 aromatic heterocycles. The molecule has 4 amide bonds. The van der Waals surface area contributed by atoms with E-state index in [-0.39, 0.29) is 25.7 Å². The number of carbonyl (C=O) groups excluding carboxylic acids is 6. The lowest BCUT2D eigenvalue weighted by atomic mass is 10.1. The van der Waals surface area contributed by atoms with E-state index >= 15 is 0 Å². The van der Waals surface area contributed by atoms with Crippen LogP contribution in [0.2, 0.25) is 0 Å². The summed E-state index contributed by atoms with van der Waals surface area (Å²) < 4.78 is 62.2. The lowest BCUT2D eigenvalue weighted by Crippen LogP contribution is -2.52. The number of unbranched alkanes of at least 4 members (excludes halogenated alkanes) is 3. The number of imide groups is 2. The van der Waals surface area contributed by atoms with Crippen molar-refractivity contribution in [2.75, 3.05) is 0 Å². The summed E-state index contributed by atoms with van der Waals surface area (Å²) in [6.45, 7) is 0. The highest BCUT2D eigenvalue weighted by Gasteiger charge is 2.66. The van der Waals surface area contributed by atoms with Crippen molar-refractivity contribution >= 4 is 55.8 Å². The normalized spacial score (nSPS) is 29.0. The third kappa shape index (κ3) is 6.15. The van der Waals surface area contributed by atoms with Gasteiger partial charge in [-0.2, -0.15) is 27.3 Å². The van der Waals surface area contributed by atoms with Crippen LogP contribution < -0.4 is 0 Å². The Bertz CT molecular complexity index is 1120. The number of hydrogen-bond acceptors (Lipinski definition) is 14.